The minimum atomic E-state index is -0.199. The Balaban J connectivity index is 1.35. The molecule has 4 aromatic carbocycles. The van der Waals surface area contributed by atoms with Crippen molar-refractivity contribution in [1.29, 1.82) is 0 Å². The number of amides is 1. The average Bonchev–Trinajstić information content (AvgIpc) is 3.27. The molecule has 1 amide bonds. The van der Waals surface area contributed by atoms with E-state index in [1.165, 1.54) is 17.1 Å². The standard InChI is InChI=1S/C31H27BrN2O4S/c1-3-36-24-14-12-23(13-15-24)33-31-34-30(35)28(39-31)18-20-16-26(32)29(27(17-20)37-4-2)38-19-22-10-7-9-21-8-5-6-11-25(21)22/h5-18H,3-4,19H2,1-2H3,(H,33,34,35)/b28-18+. The fourth-order valence-corrected chi connectivity index (χ4v) is 5.59. The number of rotatable bonds is 9. The number of hydrogen-bond donors (Lipinski definition) is 1. The Kier molecular flexibility index (Phi) is 8.54. The van der Waals surface area contributed by atoms with E-state index in [-0.39, 0.29) is 5.91 Å². The van der Waals surface area contributed by atoms with Crippen LogP contribution in [0.5, 0.6) is 17.2 Å². The van der Waals surface area contributed by atoms with Crippen LogP contribution in [0.15, 0.2) is 93.2 Å². The average molecular weight is 604 g/mol. The van der Waals surface area contributed by atoms with Gasteiger partial charge in [0.2, 0.25) is 0 Å². The number of aliphatic imine (C=N–C) groups is 1. The second kappa shape index (κ2) is 12.4. The van der Waals surface area contributed by atoms with Crippen LogP contribution in [0.3, 0.4) is 0 Å². The van der Waals surface area contributed by atoms with Crippen LogP contribution in [-0.4, -0.2) is 24.3 Å². The SMILES string of the molecule is CCOc1ccc(N=C2NC(=O)/C(=C\c3cc(Br)c(OCc4cccc5ccccc45)c(OCC)c3)S2)cc1. The third-order valence-corrected chi connectivity index (χ3v) is 7.41. The van der Waals surface area contributed by atoms with Gasteiger partial charge in [0, 0.05) is 0 Å². The largest absolute Gasteiger partial charge is 0.494 e. The van der Waals surface area contributed by atoms with Crippen LogP contribution < -0.4 is 19.5 Å². The first-order valence-electron chi connectivity index (χ1n) is 12.6. The monoisotopic (exact) mass is 602 g/mol. The minimum absolute atomic E-state index is 0.199. The predicted molar refractivity (Wildman–Crippen MR) is 162 cm³/mol. The van der Waals surface area contributed by atoms with Crippen LogP contribution in [-0.2, 0) is 11.4 Å². The molecule has 6 nitrogen and oxygen atoms in total. The lowest BCUT2D eigenvalue weighted by Crippen LogP contribution is -2.19. The summed E-state index contributed by atoms with van der Waals surface area (Å²) in [6.07, 6.45) is 1.82. The second-order valence-electron chi connectivity index (χ2n) is 8.60. The number of nitrogens with zero attached hydrogens (tertiary/aromatic N) is 1. The summed E-state index contributed by atoms with van der Waals surface area (Å²) in [6, 6.07) is 25.7. The third kappa shape index (κ3) is 6.46. The number of fused-ring (bicyclic) bond motifs is 1. The molecule has 0 aromatic heterocycles. The van der Waals surface area contributed by atoms with E-state index in [1.807, 2.05) is 74.5 Å². The molecule has 8 heteroatoms. The van der Waals surface area contributed by atoms with Gasteiger partial charge >= 0.3 is 0 Å². The Morgan fingerprint density at radius 1 is 0.923 bits per heavy atom. The van der Waals surface area contributed by atoms with Gasteiger partial charge in [0.15, 0.2) is 16.7 Å². The van der Waals surface area contributed by atoms with Crippen LogP contribution in [0, 0.1) is 0 Å². The summed E-state index contributed by atoms with van der Waals surface area (Å²) in [5, 5.41) is 5.68. The Labute approximate surface area is 240 Å². The van der Waals surface area contributed by atoms with Crippen molar-refractivity contribution in [2.75, 3.05) is 13.2 Å². The number of hydrogen-bond acceptors (Lipinski definition) is 6. The van der Waals surface area contributed by atoms with Gasteiger partial charge in [0.05, 0.1) is 28.3 Å². The highest BCUT2D eigenvalue weighted by molar-refractivity contribution is 9.10. The molecule has 0 saturated carbocycles. The molecule has 0 spiro atoms. The van der Waals surface area contributed by atoms with Crippen molar-refractivity contribution < 1.29 is 19.0 Å². The van der Waals surface area contributed by atoms with E-state index in [1.54, 1.807) is 0 Å². The first kappa shape index (κ1) is 26.8. The van der Waals surface area contributed by atoms with Crippen molar-refractivity contribution in [1.82, 2.24) is 5.32 Å². The summed E-state index contributed by atoms with van der Waals surface area (Å²) >= 11 is 4.95. The highest BCUT2D eigenvalue weighted by Gasteiger charge is 2.24. The number of carbonyl (C=O) groups excluding carboxylic acids is 1. The molecule has 39 heavy (non-hydrogen) atoms. The van der Waals surface area contributed by atoms with E-state index in [4.69, 9.17) is 14.2 Å². The Bertz CT molecular complexity index is 1560. The Morgan fingerprint density at radius 2 is 1.69 bits per heavy atom. The lowest BCUT2D eigenvalue weighted by atomic mass is 10.1. The molecule has 0 aliphatic carbocycles. The number of halogens is 1. The van der Waals surface area contributed by atoms with Gasteiger partial charge in [-0.05, 0) is 106 Å². The van der Waals surface area contributed by atoms with E-state index < -0.39 is 0 Å². The quantitative estimate of drug-likeness (QED) is 0.197. The Morgan fingerprint density at radius 3 is 2.49 bits per heavy atom. The van der Waals surface area contributed by atoms with E-state index in [0.717, 1.165) is 32.4 Å². The zero-order valence-electron chi connectivity index (χ0n) is 21.6. The van der Waals surface area contributed by atoms with Crippen molar-refractivity contribution in [3.05, 3.63) is 99.4 Å². The van der Waals surface area contributed by atoms with E-state index in [9.17, 15) is 4.79 Å². The minimum Gasteiger partial charge on any atom is -0.494 e. The van der Waals surface area contributed by atoms with Crippen molar-refractivity contribution in [3.63, 3.8) is 0 Å². The summed E-state index contributed by atoms with van der Waals surface area (Å²) < 4.78 is 18.4. The van der Waals surface area contributed by atoms with Crippen LogP contribution in [0.25, 0.3) is 16.8 Å². The molecule has 198 valence electrons. The number of amidine groups is 1. The second-order valence-corrected chi connectivity index (χ2v) is 10.5. The molecule has 1 aliphatic heterocycles. The summed E-state index contributed by atoms with van der Waals surface area (Å²) in [5.41, 5.74) is 2.63. The fourth-order valence-electron chi connectivity index (χ4n) is 4.18. The molecule has 1 N–H and O–H groups in total. The number of thioether (sulfide) groups is 1. The summed E-state index contributed by atoms with van der Waals surface area (Å²) in [4.78, 5) is 17.8. The van der Waals surface area contributed by atoms with Crippen LogP contribution >= 0.6 is 27.7 Å². The van der Waals surface area contributed by atoms with Crippen molar-refractivity contribution in [2.45, 2.75) is 20.5 Å². The zero-order chi connectivity index (χ0) is 27.2. The highest BCUT2D eigenvalue weighted by atomic mass is 79.9. The van der Waals surface area contributed by atoms with Gasteiger partial charge in [-0.25, -0.2) is 4.99 Å². The van der Waals surface area contributed by atoms with Gasteiger partial charge in [-0.2, -0.15) is 0 Å². The van der Waals surface area contributed by atoms with Gasteiger partial charge in [-0.3, -0.25) is 4.79 Å². The summed E-state index contributed by atoms with van der Waals surface area (Å²) in [7, 11) is 0. The molecule has 1 saturated heterocycles. The Hall–Kier alpha value is -3.75. The first-order chi connectivity index (χ1) is 19.0. The predicted octanol–water partition coefficient (Wildman–Crippen LogP) is 7.87. The van der Waals surface area contributed by atoms with E-state index in [2.05, 4.69) is 50.5 Å². The molecule has 4 aromatic rings. The molecule has 1 fully saturated rings. The maximum absolute atomic E-state index is 12.7. The molecule has 0 bridgehead atoms. The molecule has 0 atom stereocenters. The highest BCUT2D eigenvalue weighted by Crippen LogP contribution is 2.39. The molecule has 0 radical (unpaired) electrons. The van der Waals surface area contributed by atoms with E-state index in [0.29, 0.717) is 41.4 Å². The fraction of sp³-hybridized carbons (Fsp3) is 0.161. The molecule has 1 aliphatic rings. The smallest absolute Gasteiger partial charge is 0.264 e. The molecular formula is C31H27BrN2O4S. The van der Waals surface area contributed by atoms with Gasteiger partial charge < -0.3 is 19.5 Å². The maximum Gasteiger partial charge on any atom is 0.264 e. The number of ether oxygens (including phenoxy) is 3. The summed E-state index contributed by atoms with van der Waals surface area (Å²) in [6.45, 7) is 5.34. The number of carbonyl (C=O) groups is 1. The van der Waals surface area contributed by atoms with Gasteiger partial charge in [0.1, 0.15) is 12.4 Å². The zero-order valence-corrected chi connectivity index (χ0v) is 24.0. The maximum atomic E-state index is 12.7. The van der Waals surface area contributed by atoms with Gasteiger partial charge in [-0.1, -0.05) is 42.5 Å². The number of benzene rings is 4. The lowest BCUT2D eigenvalue weighted by molar-refractivity contribution is -0.115. The molecule has 5 rings (SSSR count). The molecule has 1 heterocycles. The van der Waals surface area contributed by atoms with Crippen LogP contribution in [0.4, 0.5) is 5.69 Å². The van der Waals surface area contributed by atoms with Crippen molar-refractivity contribution >= 4 is 61.3 Å². The van der Waals surface area contributed by atoms with Crippen molar-refractivity contribution in [3.8, 4) is 17.2 Å². The van der Waals surface area contributed by atoms with Gasteiger partial charge in [0.25, 0.3) is 5.91 Å². The van der Waals surface area contributed by atoms with Crippen molar-refractivity contribution in [2.24, 2.45) is 4.99 Å². The van der Waals surface area contributed by atoms with Crippen LogP contribution in [0.2, 0.25) is 0 Å². The third-order valence-electron chi connectivity index (χ3n) is 5.91. The van der Waals surface area contributed by atoms with E-state index >= 15 is 0 Å². The summed E-state index contributed by atoms with van der Waals surface area (Å²) in [5.74, 6) is 1.80. The molecule has 0 unspecified atom stereocenters. The van der Waals surface area contributed by atoms with Crippen LogP contribution in [0.1, 0.15) is 25.0 Å². The molecular weight excluding hydrogens is 576 g/mol. The lowest BCUT2D eigenvalue weighted by Gasteiger charge is -2.15. The first-order valence-corrected chi connectivity index (χ1v) is 14.2. The number of nitrogens with one attached hydrogen (secondary N) is 1. The van der Waals surface area contributed by atoms with Gasteiger partial charge in [-0.15, -0.1) is 0 Å². The topological polar surface area (TPSA) is 69.2 Å². The normalized spacial score (nSPS) is 15.1.